The summed E-state index contributed by atoms with van der Waals surface area (Å²) >= 11 is 12.1. The van der Waals surface area contributed by atoms with E-state index in [9.17, 15) is 0 Å². The van der Waals surface area contributed by atoms with E-state index in [0.29, 0.717) is 22.4 Å². The summed E-state index contributed by atoms with van der Waals surface area (Å²) in [5.74, 6) is 1.31. The molecule has 0 atom stereocenters. The topological polar surface area (TPSA) is 52.3 Å². The normalized spacial score (nSPS) is 11.0. The molecular formula is C18H12Cl2N4O. The van der Waals surface area contributed by atoms with Crippen molar-refractivity contribution in [2.45, 2.75) is 6.61 Å². The molecule has 0 unspecified atom stereocenters. The van der Waals surface area contributed by atoms with Gasteiger partial charge in [0.05, 0.1) is 5.69 Å². The van der Waals surface area contributed by atoms with Crippen molar-refractivity contribution in [2.75, 3.05) is 0 Å². The van der Waals surface area contributed by atoms with Crippen LogP contribution in [-0.2, 0) is 6.61 Å². The molecule has 2 aromatic heterocycles. The summed E-state index contributed by atoms with van der Waals surface area (Å²) in [5.41, 5.74) is 2.79. The minimum absolute atomic E-state index is 0.373. The third kappa shape index (κ3) is 3.29. The Labute approximate surface area is 153 Å². The van der Waals surface area contributed by atoms with Gasteiger partial charge in [-0.15, -0.1) is 0 Å². The first-order chi connectivity index (χ1) is 12.2. The molecule has 25 heavy (non-hydrogen) atoms. The number of ether oxygens (including phenoxy) is 1. The molecule has 0 bridgehead atoms. The van der Waals surface area contributed by atoms with Gasteiger partial charge in [0.25, 0.3) is 5.78 Å². The van der Waals surface area contributed by atoms with Gasteiger partial charge in [-0.3, -0.25) is 0 Å². The molecule has 0 amide bonds. The summed E-state index contributed by atoms with van der Waals surface area (Å²) in [4.78, 5) is 8.26. The van der Waals surface area contributed by atoms with Crippen LogP contribution in [0, 0.1) is 0 Å². The number of halogens is 2. The summed E-state index contributed by atoms with van der Waals surface area (Å²) in [5, 5.41) is 5.40. The van der Waals surface area contributed by atoms with Crippen LogP contribution in [0.15, 0.2) is 61.1 Å². The molecule has 4 rings (SSSR count). The van der Waals surface area contributed by atoms with Crippen molar-refractivity contribution in [3.8, 4) is 17.0 Å². The van der Waals surface area contributed by atoms with Crippen molar-refractivity contribution in [1.82, 2.24) is 19.6 Å². The van der Waals surface area contributed by atoms with Crippen molar-refractivity contribution >= 4 is 29.0 Å². The summed E-state index contributed by atoms with van der Waals surface area (Å²) in [6, 6.07) is 15.0. The van der Waals surface area contributed by atoms with Gasteiger partial charge >= 0.3 is 0 Å². The minimum atomic E-state index is 0.373. The molecular weight excluding hydrogens is 359 g/mol. The minimum Gasteiger partial charge on any atom is -0.489 e. The van der Waals surface area contributed by atoms with Gasteiger partial charge in [0.15, 0.2) is 0 Å². The van der Waals surface area contributed by atoms with Gasteiger partial charge in [0.1, 0.15) is 18.7 Å². The molecule has 0 aliphatic heterocycles. The zero-order valence-electron chi connectivity index (χ0n) is 12.9. The van der Waals surface area contributed by atoms with Crippen LogP contribution < -0.4 is 4.74 Å². The summed E-state index contributed by atoms with van der Waals surface area (Å²) in [7, 11) is 0. The zero-order valence-corrected chi connectivity index (χ0v) is 14.4. The predicted octanol–water partition coefficient (Wildman–Crippen LogP) is 4.68. The van der Waals surface area contributed by atoms with Crippen molar-refractivity contribution in [2.24, 2.45) is 0 Å². The quantitative estimate of drug-likeness (QED) is 0.523. The number of aromatic nitrogens is 4. The molecule has 2 aromatic carbocycles. The van der Waals surface area contributed by atoms with Crippen molar-refractivity contribution in [3.05, 3.63) is 76.7 Å². The summed E-state index contributed by atoms with van der Waals surface area (Å²) in [6.07, 6.45) is 3.20. The highest BCUT2D eigenvalue weighted by molar-refractivity contribution is 6.35. The van der Waals surface area contributed by atoms with E-state index in [2.05, 4.69) is 15.1 Å². The fraction of sp³-hybridized carbons (Fsp3) is 0.0556. The molecule has 0 spiro atoms. The predicted molar refractivity (Wildman–Crippen MR) is 97.0 cm³/mol. The first kappa shape index (κ1) is 15.9. The van der Waals surface area contributed by atoms with Gasteiger partial charge in [0.2, 0.25) is 0 Å². The lowest BCUT2D eigenvalue weighted by molar-refractivity contribution is 0.306. The maximum absolute atomic E-state index is 6.16. The number of nitrogens with zero attached hydrogens (tertiary/aromatic N) is 4. The van der Waals surface area contributed by atoms with Gasteiger partial charge in [-0.25, -0.2) is 4.98 Å². The standard InChI is InChI=1S/C18H12Cl2N4O/c19-14-4-1-13(16(20)9-14)10-25-15-5-2-12(3-6-15)17-7-8-21-18-22-11-23-24(17)18/h1-9,11H,10H2. The third-order valence-electron chi connectivity index (χ3n) is 3.74. The Morgan fingerprint density at radius 3 is 2.60 bits per heavy atom. The number of fused-ring (bicyclic) bond motifs is 1. The van der Waals surface area contributed by atoms with E-state index in [1.807, 2.05) is 36.4 Å². The van der Waals surface area contributed by atoms with Crippen molar-refractivity contribution < 1.29 is 4.74 Å². The van der Waals surface area contributed by atoms with Crippen LogP contribution in [0.1, 0.15) is 5.56 Å². The number of hydrogen-bond acceptors (Lipinski definition) is 4. The number of rotatable bonds is 4. The smallest absolute Gasteiger partial charge is 0.252 e. The second-order valence-electron chi connectivity index (χ2n) is 5.35. The lowest BCUT2D eigenvalue weighted by Gasteiger charge is -2.09. The highest BCUT2D eigenvalue weighted by Crippen LogP contribution is 2.25. The largest absolute Gasteiger partial charge is 0.489 e. The van der Waals surface area contributed by atoms with Gasteiger partial charge in [-0.1, -0.05) is 29.3 Å². The first-order valence-electron chi connectivity index (χ1n) is 7.52. The van der Waals surface area contributed by atoms with E-state index < -0.39 is 0 Å². The molecule has 0 radical (unpaired) electrons. The van der Waals surface area contributed by atoms with Gasteiger partial charge in [0, 0.05) is 27.4 Å². The fourth-order valence-corrected chi connectivity index (χ4v) is 2.94. The average Bonchev–Trinajstić information content (AvgIpc) is 3.10. The van der Waals surface area contributed by atoms with E-state index in [-0.39, 0.29) is 0 Å². The van der Waals surface area contributed by atoms with E-state index >= 15 is 0 Å². The Hall–Kier alpha value is -2.63. The lowest BCUT2D eigenvalue weighted by atomic mass is 10.1. The highest BCUT2D eigenvalue weighted by Gasteiger charge is 2.07. The van der Waals surface area contributed by atoms with Crippen LogP contribution in [0.25, 0.3) is 17.0 Å². The molecule has 4 aromatic rings. The SMILES string of the molecule is Clc1ccc(COc2ccc(-c3ccnc4ncnn34)cc2)c(Cl)c1. The van der Waals surface area contributed by atoms with E-state index in [4.69, 9.17) is 27.9 Å². The molecule has 0 aliphatic carbocycles. The van der Waals surface area contributed by atoms with Crippen LogP contribution in [0.5, 0.6) is 5.75 Å². The summed E-state index contributed by atoms with van der Waals surface area (Å²) < 4.78 is 7.50. The van der Waals surface area contributed by atoms with Crippen LogP contribution in [0.2, 0.25) is 10.0 Å². The zero-order chi connectivity index (χ0) is 17.2. The Balaban J connectivity index is 1.53. The van der Waals surface area contributed by atoms with Crippen LogP contribution in [0.3, 0.4) is 0 Å². The Bertz CT molecular complexity index is 1030. The van der Waals surface area contributed by atoms with Crippen molar-refractivity contribution in [3.63, 3.8) is 0 Å². The first-order valence-corrected chi connectivity index (χ1v) is 8.28. The van der Waals surface area contributed by atoms with Gasteiger partial charge < -0.3 is 4.74 Å². The summed E-state index contributed by atoms with van der Waals surface area (Å²) in [6.45, 7) is 0.373. The third-order valence-corrected chi connectivity index (χ3v) is 4.33. The maximum Gasteiger partial charge on any atom is 0.252 e. The fourth-order valence-electron chi connectivity index (χ4n) is 2.48. The van der Waals surface area contributed by atoms with Crippen LogP contribution in [0.4, 0.5) is 0 Å². The highest BCUT2D eigenvalue weighted by atomic mass is 35.5. The van der Waals surface area contributed by atoms with Crippen molar-refractivity contribution in [1.29, 1.82) is 0 Å². The molecule has 7 heteroatoms. The maximum atomic E-state index is 6.16. The molecule has 5 nitrogen and oxygen atoms in total. The Morgan fingerprint density at radius 1 is 0.960 bits per heavy atom. The van der Waals surface area contributed by atoms with E-state index in [1.165, 1.54) is 6.33 Å². The molecule has 2 heterocycles. The second kappa shape index (κ2) is 6.70. The molecule has 0 N–H and O–H groups in total. The van der Waals surface area contributed by atoms with Crippen LogP contribution in [-0.4, -0.2) is 19.6 Å². The monoisotopic (exact) mass is 370 g/mol. The number of hydrogen-bond donors (Lipinski definition) is 0. The Kier molecular flexibility index (Phi) is 4.26. The van der Waals surface area contributed by atoms with Crippen LogP contribution >= 0.6 is 23.2 Å². The van der Waals surface area contributed by atoms with Gasteiger partial charge in [-0.2, -0.15) is 14.6 Å². The number of benzene rings is 2. The average molecular weight is 371 g/mol. The molecule has 0 aliphatic rings. The molecule has 124 valence electrons. The lowest BCUT2D eigenvalue weighted by Crippen LogP contribution is -1.97. The second-order valence-corrected chi connectivity index (χ2v) is 6.19. The molecule has 0 saturated heterocycles. The van der Waals surface area contributed by atoms with Gasteiger partial charge in [-0.05, 0) is 42.5 Å². The van der Waals surface area contributed by atoms with E-state index in [1.54, 1.807) is 22.8 Å². The van der Waals surface area contributed by atoms with E-state index in [0.717, 1.165) is 22.6 Å². The molecule has 0 fully saturated rings. The Morgan fingerprint density at radius 2 is 1.80 bits per heavy atom. The molecule has 0 saturated carbocycles.